The van der Waals surface area contributed by atoms with E-state index in [4.69, 9.17) is 20.6 Å². The van der Waals surface area contributed by atoms with Crippen LogP contribution in [-0.4, -0.2) is 43.1 Å². The maximum Gasteiger partial charge on any atom is 0.315 e. The molecule has 0 unspecified atom stereocenters. The number of carbonyl (C=O) groups excluding carboxylic acids is 1. The van der Waals surface area contributed by atoms with Crippen molar-refractivity contribution in [2.24, 2.45) is 11.1 Å². The normalized spacial score (nSPS) is 14.4. The van der Waals surface area contributed by atoms with Crippen molar-refractivity contribution in [2.75, 3.05) is 31.2 Å². The van der Waals surface area contributed by atoms with Gasteiger partial charge in [-0.05, 0) is 60.9 Å². The van der Waals surface area contributed by atoms with Crippen LogP contribution in [0.4, 0.5) is 5.69 Å². The zero-order valence-electron chi connectivity index (χ0n) is 19.0. The number of nitrogens with one attached hydrogen (secondary N) is 1. The van der Waals surface area contributed by atoms with Crippen LogP contribution in [0.25, 0.3) is 10.8 Å². The molecule has 182 valence electrons. The van der Waals surface area contributed by atoms with Gasteiger partial charge in [-0.3, -0.25) is 15.2 Å². The Balaban J connectivity index is 0.00000204. The van der Waals surface area contributed by atoms with Gasteiger partial charge in [0.1, 0.15) is 23.6 Å². The number of piperidine rings is 1. The number of benzene rings is 2. The SMILES string of the molecule is CCOC(=O)C1(COc2ccc3ccc(C(=N)N)cc3c2)CCN(c2ccncc2)CC1.Cl.Cl. The van der Waals surface area contributed by atoms with Gasteiger partial charge in [-0.15, -0.1) is 24.8 Å². The number of nitrogens with two attached hydrogens (primary N) is 1. The molecule has 1 saturated heterocycles. The Morgan fingerprint density at radius 2 is 1.74 bits per heavy atom. The van der Waals surface area contributed by atoms with Gasteiger partial charge in [0.15, 0.2) is 0 Å². The predicted octanol–water partition coefficient (Wildman–Crippen LogP) is 4.59. The summed E-state index contributed by atoms with van der Waals surface area (Å²) in [5.41, 5.74) is 6.71. The summed E-state index contributed by atoms with van der Waals surface area (Å²) in [5.74, 6) is 0.507. The summed E-state index contributed by atoms with van der Waals surface area (Å²) in [5, 5.41) is 9.63. The predicted molar refractivity (Wildman–Crippen MR) is 140 cm³/mol. The highest BCUT2D eigenvalue weighted by Crippen LogP contribution is 2.36. The van der Waals surface area contributed by atoms with Crippen LogP contribution >= 0.6 is 24.8 Å². The van der Waals surface area contributed by atoms with Gasteiger partial charge in [0.05, 0.1) is 6.61 Å². The van der Waals surface area contributed by atoms with E-state index in [1.807, 2.05) is 55.5 Å². The van der Waals surface area contributed by atoms with Crippen LogP contribution in [0.3, 0.4) is 0 Å². The Kier molecular flexibility index (Phi) is 9.53. The number of nitrogens with zero attached hydrogens (tertiary/aromatic N) is 2. The third-order valence-electron chi connectivity index (χ3n) is 6.09. The number of pyridine rings is 1. The largest absolute Gasteiger partial charge is 0.492 e. The number of hydrogen-bond acceptors (Lipinski definition) is 6. The molecule has 4 rings (SSSR count). The van der Waals surface area contributed by atoms with E-state index in [2.05, 4.69) is 9.88 Å². The van der Waals surface area contributed by atoms with Crippen molar-refractivity contribution in [3.63, 3.8) is 0 Å². The van der Waals surface area contributed by atoms with Crippen molar-refractivity contribution >= 4 is 53.1 Å². The van der Waals surface area contributed by atoms with Crippen LogP contribution < -0.4 is 15.4 Å². The topological polar surface area (TPSA) is 102 Å². The number of carbonyl (C=O) groups is 1. The van der Waals surface area contributed by atoms with Gasteiger partial charge in [-0.2, -0.15) is 0 Å². The zero-order valence-corrected chi connectivity index (χ0v) is 20.7. The van der Waals surface area contributed by atoms with Crippen LogP contribution in [0.1, 0.15) is 25.3 Å². The zero-order chi connectivity index (χ0) is 22.6. The van der Waals surface area contributed by atoms with Gasteiger partial charge in [0.25, 0.3) is 0 Å². The Bertz CT molecular complexity index is 1120. The molecule has 7 nitrogen and oxygen atoms in total. The van der Waals surface area contributed by atoms with E-state index in [1.54, 1.807) is 12.4 Å². The molecule has 1 aliphatic rings. The van der Waals surface area contributed by atoms with Crippen LogP contribution in [0.15, 0.2) is 60.9 Å². The number of anilines is 1. The molecular weight excluding hydrogens is 475 g/mol. The van der Waals surface area contributed by atoms with E-state index in [0.717, 1.165) is 29.5 Å². The number of halogens is 2. The van der Waals surface area contributed by atoms with Gasteiger partial charge in [0, 0.05) is 36.7 Å². The van der Waals surface area contributed by atoms with Crippen molar-refractivity contribution in [1.82, 2.24) is 4.98 Å². The highest BCUT2D eigenvalue weighted by Gasteiger charge is 2.43. The fraction of sp³-hybridized carbons (Fsp3) is 0.320. The highest BCUT2D eigenvalue weighted by molar-refractivity contribution is 5.99. The average Bonchev–Trinajstić information content (AvgIpc) is 2.83. The summed E-state index contributed by atoms with van der Waals surface area (Å²) in [6.07, 6.45) is 4.86. The number of ether oxygens (including phenoxy) is 2. The average molecular weight is 505 g/mol. The van der Waals surface area contributed by atoms with Crippen molar-refractivity contribution in [1.29, 1.82) is 5.41 Å². The first-order valence-electron chi connectivity index (χ1n) is 10.8. The third kappa shape index (κ3) is 5.90. The summed E-state index contributed by atoms with van der Waals surface area (Å²) in [4.78, 5) is 19.3. The monoisotopic (exact) mass is 504 g/mol. The molecule has 9 heteroatoms. The second-order valence-corrected chi connectivity index (χ2v) is 8.12. The third-order valence-corrected chi connectivity index (χ3v) is 6.09. The van der Waals surface area contributed by atoms with Crippen molar-refractivity contribution in [3.05, 3.63) is 66.5 Å². The minimum absolute atomic E-state index is 0. The summed E-state index contributed by atoms with van der Waals surface area (Å²) in [6.45, 7) is 3.92. The molecule has 0 bridgehead atoms. The highest BCUT2D eigenvalue weighted by atomic mass is 35.5. The number of fused-ring (bicyclic) bond motifs is 1. The molecule has 3 N–H and O–H groups in total. The molecule has 0 atom stereocenters. The minimum atomic E-state index is -0.685. The van der Waals surface area contributed by atoms with Crippen LogP contribution in [0.2, 0.25) is 0 Å². The van der Waals surface area contributed by atoms with Crippen molar-refractivity contribution in [2.45, 2.75) is 19.8 Å². The Hall–Kier alpha value is -3.03. The molecule has 0 radical (unpaired) electrons. The molecule has 0 amide bonds. The van der Waals surface area contributed by atoms with Crippen LogP contribution in [0.5, 0.6) is 5.75 Å². The fourth-order valence-electron chi connectivity index (χ4n) is 4.14. The molecule has 0 aliphatic carbocycles. The molecule has 3 aromatic rings. The Morgan fingerprint density at radius 1 is 1.06 bits per heavy atom. The maximum absolute atomic E-state index is 12.9. The number of hydrogen-bond donors (Lipinski definition) is 2. The van der Waals surface area contributed by atoms with E-state index in [9.17, 15) is 4.79 Å². The number of rotatable bonds is 7. The molecule has 1 aliphatic heterocycles. The first-order chi connectivity index (χ1) is 15.5. The first-order valence-corrected chi connectivity index (χ1v) is 10.8. The molecule has 34 heavy (non-hydrogen) atoms. The van der Waals surface area contributed by atoms with E-state index in [1.165, 1.54) is 0 Å². The van der Waals surface area contributed by atoms with Gasteiger partial charge in [-0.25, -0.2) is 0 Å². The molecule has 2 heterocycles. The number of esters is 1. The molecule has 2 aromatic carbocycles. The summed E-state index contributed by atoms with van der Waals surface area (Å²) >= 11 is 0. The van der Waals surface area contributed by atoms with E-state index in [-0.39, 0.29) is 43.2 Å². The van der Waals surface area contributed by atoms with Crippen molar-refractivity contribution < 1.29 is 14.3 Å². The molecular formula is C25H30Cl2N4O3. The lowest BCUT2D eigenvalue weighted by Crippen LogP contribution is -2.48. The lowest BCUT2D eigenvalue weighted by atomic mass is 9.79. The summed E-state index contributed by atoms with van der Waals surface area (Å²) in [7, 11) is 0. The van der Waals surface area contributed by atoms with Gasteiger partial charge < -0.3 is 20.1 Å². The smallest absolute Gasteiger partial charge is 0.315 e. The lowest BCUT2D eigenvalue weighted by Gasteiger charge is -2.40. The number of aromatic nitrogens is 1. The summed E-state index contributed by atoms with van der Waals surface area (Å²) in [6, 6.07) is 15.4. The second-order valence-electron chi connectivity index (χ2n) is 8.12. The van der Waals surface area contributed by atoms with E-state index < -0.39 is 5.41 Å². The lowest BCUT2D eigenvalue weighted by molar-refractivity contribution is -0.159. The van der Waals surface area contributed by atoms with Gasteiger partial charge in [0.2, 0.25) is 0 Å². The minimum Gasteiger partial charge on any atom is -0.492 e. The number of nitrogen functional groups attached to an aromatic ring is 1. The molecule has 0 spiro atoms. The van der Waals surface area contributed by atoms with Gasteiger partial charge in [-0.1, -0.05) is 18.2 Å². The molecule has 1 aromatic heterocycles. The standard InChI is InChI=1S/C25H28N4O3.2ClH/c1-2-31-24(30)25(9-13-29(14-10-25)21-7-11-28-12-8-21)17-32-22-6-5-18-3-4-19(23(26)27)15-20(18)16-22;;/h3-8,11-12,15-16H,2,9-10,13-14,17H2,1H3,(H3,26,27);2*1H. The second kappa shape index (κ2) is 11.9. The van der Waals surface area contributed by atoms with E-state index >= 15 is 0 Å². The fourth-order valence-corrected chi connectivity index (χ4v) is 4.14. The quantitative estimate of drug-likeness (QED) is 0.277. The van der Waals surface area contributed by atoms with Crippen LogP contribution in [-0.2, 0) is 9.53 Å². The van der Waals surface area contributed by atoms with Crippen LogP contribution in [0, 0.1) is 10.8 Å². The first kappa shape index (κ1) is 27.2. The van der Waals surface area contributed by atoms with Crippen molar-refractivity contribution in [3.8, 4) is 5.75 Å². The maximum atomic E-state index is 12.9. The molecule has 0 saturated carbocycles. The van der Waals surface area contributed by atoms with E-state index in [0.29, 0.717) is 30.8 Å². The Morgan fingerprint density at radius 3 is 2.38 bits per heavy atom. The number of amidine groups is 1. The summed E-state index contributed by atoms with van der Waals surface area (Å²) < 4.78 is 11.6. The van der Waals surface area contributed by atoms with Gasteiger partial charge >= 0.3 is 5.97 Å². The Labute approximate surface area is 212 Å². The molecule has 1 fully saturated rings.